The van der Waals surface area contributed by atoms with Crippen LogP contribution in [-0.4, -0.2) is 19.3 Å². The lowest BCUT2D eigenvalue weighted by atomic mass is 10.0. The van der Waals surface area contributed by atoms with Crippen molar-refractivity contribution in [3.8, 4) is 40.5 Å². The van der Waals surface area contributed by atoms with Crippen molar-refractivity contribution in [2.45, 2.75) is 0 Å². The molecule has 0 spiro atoms. The number of aromatic hydroxyl groups is 1. The van der Waals surface area contributed by atoms with Gasteiger partial charge in [-0.2, -0.15) is 10.5 Å². The average Bonchev–Trinajstić information content (AvgIpc) is 2.74. The van der Waals surface area contributed by atoms with Crippen molar-refractivity contribution in [2.24, 2.45) is 0 Å². The Balaban J connectivity index is 0.000000208. The highest BCUT2D eigenvalue weighted by Crippen LogP contribution is 2.30. The van der Waals surface area contributed by atoms with Crippen molar-refractivity contribution in [3.63, 3.8) is 0 Å². The highest BCUT2D eigenvalue weighted by atomic mass is 16.5. The second-order valence-electron chi connectivity index (χ2n) is 5.39. The van der Waals surface area contributed by atoms with E-state index in [9.17, 15) is 0 Å². The van der Waals surface area contributed by atoms with Crippen LogP contribution in [0.4, 0.5) is 0 Å². The van der Waals surface area contributed by atoms with E-state index < -0.39 is 0 Å². The van der Waals surface area contributed by atoms with E-state index in [1.165, 1.54) is 25.3 Å². The number of benzene rings is 3. The third kappa shape index (κ3) is 5.01. The minimum atomic E-state index is 0.0477. The molecule has 0 saturated carbocycles. The van der Waals surface area contributed by atoms with Gasteiger partial charge in [-0.3, -0.25) is 0 Å². The van der Waals surface area contributed by atoms with Crippen LogP contribution in [0.1, 0.15) is 11.1 Å². The zero-order valence-corrected chi connectivity index (χ0v) is 15.0. The largest absolute Gasteiger partial charge is 0.504 e. The van der Waals surface area contributed by atoms with E-state index in [0.29, 0.717) is 16.9 Å². The van der Waals surface area contributed by atoms with Crippen LogP contribution in [0.2, 0.25) is 0 Å². The first-order valence-corrected chi connectivity index (χ1v) is 8.03. The van der Waals surface area contributed by atoms with Crippen LogP contribution in [0, 0.1) is 22.7 Å². The molecular weight excluding hydrogens is 340 g/mol. The number of phenols is 1. The predicted octanol–water partition coefficient (Wildman–Crippen LogP) is 4.51. The first-order chi connectivity index (χ1) is 13.1. The molecule has 0 aliphatic rings. The average molecular weight is 358 g/mol. The van der Waals surface area contributed by atoms with Gasteiger partial charge >= 0.3 is 0 Å². The van der Waals surface area contributed by atoms with Crippen molar-refractivity contribution < 1.29 is 14.6 Å². The molecule has 1 N–H and O–H groups in total. The number of nitrogens with zero attached hydrogens (tertiary/aromatic N) is 2. The fourth-order valence-corrected chi connectivity index (χ4v) is 2.36. The van der Waals surface area contributed by atoms with Crippen molar-refractivity contribution in [1.29, 1.82) is 10.5 Å². The summed E-state index contributed by atoms with van der Waals surface area (Å²) in [7, 11) is 3.05. The SMILES string of the molecule is COc1cc(C#N)ccc1-c1ccccc1.COc1cc(C#N)ccc1O. The molecule has 0 heterocycles. The van der Waals surface area contributed by atoms with Crippen LogP contribution in [-0.2, 0) is 0 Å². The highest BCUT2D eigenvalue weighted by molar-refractivity contribution is 5.71. The molecule has 134 valence electrons. The number of nitriles is 2. The number of hydrogen-bond donors (Lipinski definition) is 1. The van der Waals surface area contributed by atoms with Crippen molar-refractivity contribution in [2.75, 3.05) is 14.2 Å². The summed E-state index contributed by atoms with van der Waals surface area (Å²) in [6.45, 7) is 0. The molecule has 0 amide bonds. The van der Waals surface area contributed by atoms with Gasteiger partial charge in [-0.15, -0.1) is 0 Å². The second kappa shape index (κ2) is 9.50. The Bertz CT molecular complexity index is 987. The smallest absolute Gasteiger partial charge is 0.161 e. The third-order valence-corrected chi connectivity index (χ3v) is 3.72. The maximum absolute atomic E-state index is 9.10. The van der Waals surface area contributed by atoms with Gasteiger partial charge in [0.25, 0.3) is 0 Å². The maximum atomic E-state index is 9.10. The molecule has 0 fully saturated rings. The zero-order valence-electron chi connectivity index (χ0n) is 15.0. The van der Waals surface area contributed by atoms with Crippen LogP contribution in [0.3, 0.4) is 0 Å². The van der Waals surface area contributed by atoms with Crippen LogP contribution in [0.25, 0.3) is 11.1 Å². The Morgan fingerprint density at radius 1 is 0.741 bits per heavy atom. The first kappa shape index (κ1) is 19.4. The highest BCUT2D eigenvalue weighted by Gasteiger charge is 2.06. The molecule has 0 atom stereocenters. The minimum Gasteiger partial charge on any atom is -0.504 e. The minimum absolute atomic E-state index is 0.0477. The molecule has 0 radical (unpaired) electrons. The van der Waals surface area contributed by atoms with Crippen LogP contribution in [0.5, 0.6) is 17.2 Å². The van der Waals surface area contributed by atoms with Gasteiger partial charge in [0.15, 0.2) is 11.5 Å². The summed E-state index contributed by atoms with van der Waals surface area (Å²) in [5.74, 6) is 1.10. The summed E-state index contributed by atoms with van der Waals surface area (Å²) in [6.07, 6.45) is 0. The van der Waals surface area contributed by atoms with Gasteiger partial charge in [0.2, 0.25) is 0 Å². The molecule has 3 aromatic rings. The molecule has 0 bridgehead atoms. The number of ether oxygens (including phenoxy) is 2. The normalized spacial score (nSPS) is 9.19. The molecule has 3 aromatic carbocycles. The van der Waals surface area contributed by atoms with Gasteiger partial charge in [-0.05, 0) is 35.9 Å². The summed E-state index contributed by atoms with van der Waals surface area (Å²) in [6, 6.07) is 23.9. The molecule has 0 aliphatic heterocycles. The lowest BCUT2D eigenvalue weighted by Gasteiger charge is -2.08. The van der Waals surface area contributed by atoms with Crippen LogP contribution < -0.4 is 9.47 Å². The summed E-state index contributed by atoms with van der Waals surface area (Å²) < 4.78 is 10.1. The first-order valence-electron chi connectivity index (χ1n) is 8.03. The fourth-order valence-electron chi connectivity index (χ4n) is 2.36. The van der Waals surface area contributed by atoms with Gasteiger partial charge in [-0.25, -0.2) is 0 Å². The Morgan fingerprint density at radius 2 is 1.30 bits per heavy atom. The van der Waals surface area contributed by atoms with Crippen molar-refractivity contribution in [1.82, 2.24) is 0 Å². The monoisotopic (exact) mass is 358 g/mol. The summed E-state index contributed by atoms with van der Waals surface area (Å²) in [5.41, 5.74) is 3.17. The standard InChI is InChI=1S/C14H11NO.C8H7NO2/c1-16-14-9-11(10-15)7-8-13(14)12-5-3-2-4-6-12;1-11-8-4-6(5-9)2-3-7(8)10/h2-9H,1H3;2-4,10H,1H3. The van der Waals surface area contributed by atoms with E-state index in [1.807, 2.05) is 42.5 Å². The zero-order chi connectivity index (χ0) is 19.6. The van der Waals surface area contributed by atoms with Gasteiger partial charge in [0, 0.05) is 11.6 Å². The number of phenolic OH excluding ortho intramolecular Hbond substituents is 1. The Labute approximate surface area is 158 Å². The van der Waals surface area contributed by atoms with Crippen molar-refractivity contribution >= 4 is 0 Å². The van der Waals surface area contributed by atoms with E-state index in [1.54, 1.807) is 19.2 Å². The van der Waals surface area contributed by atoms with E-state index >= 15 is 0 Å². The number of methoxy groups -OCH3 is 2. The second-order valence-corrected chi connectivity index (χ2v) is 5.39. The van der Waals surface area contributed by atoms with Gasteiger partial charge < -0.3 is 14.6 Å². The lowest BCUT2D eigenvalue weighted by Crippen LogP contribution is -1.88. The third-order valence-electron chi connectivity index (χ3n) is 3.72. The van der Waals surface area contributed by atoms with E-state index in [0.717, 1.165) is 16.9 Å². The summed E-state index contributed by atoms with van der Waals surface area (Å²) in [5, 5.41) is 26.4. The Morgan fingerprint density at radius 3 is 1.85 bits per heavy atom. The fraction of sp³-hybridized carbons (Fsp3) is 0.0909. The summed E-state index contributed by atoms with van der Waals surface area (Å²) in [4.78, 5) is 0. The molecule has 0 saturated heterocycles. The van der Waals surface area contributed by atoms with E-state index in [2.05, 4.69) is 6.07 Å². The molecule has 3 rings (SSSR count). The van der Waals surface area contributed by atoms with Crippen LogP contribution >= 0.6 is 0 Å². The Kier molecular flexibility index (Phi) is 6.82. The molecule has 27 heavy (non-hydrogen) atoms. The van der Waals surface area contributed by atoms with Gasteiger partial charge in [0.05, 0.1) is 37.5 Å². The topological polar surface area (TPSA) is 86.3 Å². The van der Waals surface area contributed by atoms with Crippen LogP contribution in [0.15, 0.2) is 66.7 Å². The molecule has 5 heteroatoms. The quantitative estimate of drug-likeness (QED) is 0.744. The number of hydrogen-bond acceptors (Lipinski definition) is 5. The molecule has 0 aliphatic carbocycles. The summed E-state index contributed by atoms with van der Waals surface area (Å²) >= 11 is 0. The molecule has 5 nitrogen and oxygen atoms in total. The van der Waals surface area contributed by atoms with Crippen molar-refractivity contribution in [3.05, 3.63) is 77.9 Å². The van der Waals surface area contributed by atoms with Gasteiger partial charge in [0.1, 0.15) is 5.75 Å². The molecule has 0 aromatic heterocycles. The van der Waals surface area contributed by atoms with E-state index in [-0.39, 0.29) is 5.75 Å². The lowest BCUT2D eigenvalue weighted by molar-refractivity contribution is 0.373. The predicted molar refractivity (Wildman–Crippen MR) is 103 cm³/mol. The van der Waals surface area contributed by atoms with E-state index in [4.69, 9.17) is 25.1 Å². The van der Waals surface area contributed by atoms with Gasteiger partial charge in [-0.1, -0.05) is 30.3 Å². The number of rotatable bonds is 3. The Hall–Kier alpha value is -3.96. The molecular formula is C22H18N2O3. The molecule has 0 unspecified atom stereocenters. The maximum Gasteiger partial charge on any atom is 0.161 e.